The molecule has 0 saturated heterocycles. The van der Waals surface area contributed by atoms with Crippen molar-refractivity contribution >= 4 is 17.2 Å². The molecule has 1 amide bonds. The molecule has 1 atom stereocenters. The van der Waals surface area contributed by atoms with Gasteiger partial charge in [-0.3, -0.25) is 10.2 Å². The van der Waals surface area contributed by atoms with Crippen molar-refractivity contribution in [3.05, 3.63) is 21.4 Å². The monoisotopic (exact) mass is 252 g/mol. The van der Waals surface area contributed by atoms with Gasteiger partial charge in [-0.2, -0.15) is 0 Å². The normalized spacial score (nSPS) is 19.9. The lowest BCUT2D eigenvalue weighted by Gasteiger charge is -2.33. The zero-order valence-electron chi connectivity index (χ0n) is 10.7. The molecule has 0 aliphatic heterocycles. The quantitative estimate of drug-likeness (QED) is 0.458. The number of thiophene rings is 1. The highest BCUT2D eigenvalue weighted by Gasteiger charge is 2.30. The number of hydrogen-bond donors (Lipinski definition) is 2. The van der Waals surface area contributed by atoms with E-state index in [0.717, 1.165) is 17.7 Å². The highest BCUT2D eigenvalue weighted by molar-refractivity contribution is 7.14. The van der Waals surface area contributed by atoms with E-state index in [0.29, 0.717) is 11.3 Å². The van der Waals surface area contributed by atoms with Crippen molar-refractivity contribution in [3.8, 4) is 0 Å². The van der Waals surface area contributed by atoms with E-state index in [-0.39, 0.29) is 5.91 Å². The molecule has 94 valence electrons. The van der Waals surface area contributed by atoms with Gasteiger partial charge in [0.05, 0.1) is 4.88 Å². The van der Waals surface area contributed by atoms with E-state index in [1.165, 1.54) is 16.9 Å². The van der Waals surface area contributed by atoms with Crippen LogP contribution < -0.4 is 11.3 Å². The lowest BCUT2D eigenvalue weighted by Crippen LogP contribution is -2.29. The SMILES string of the molecule is CC(C)(C)[C@H]1CCc2cc(C(=O)NN)sc2C1. The average Bonchev–Trinajstić information content (AvgIpc) is 2.69. The van der Waals surface area contributed by atoms with Crippen LogP contribution in [0.1, 0.15) is 47.3 Å². The number of fused-ring (bicyclic) bond motifs is 1. The van der Waals surface area contributed by atoms with Crippen molar-refractivity contribution in [2.24, 2.45) is 17.2 Å². The minimum Gasteiger partial charge on any atom is -0.289 e. The molecule has 0 spiro atoms. The molecule has 17 heavy (non-hydrogen) atoms. The number of nitrogens with one attached hydrogen (secondary N) is 1. The average molecular weight is 252 g/mol. The van der Waals surface area contributed by atoms with E-state index >= 15 is 0 Å². The Hall–Kier alpha value is -0.870. The molecule has 2 rings (SSSR count). The summed E-state index contributed by atoms with van der Waals surface area (Å²) in [4.78, 5) is 13.6. The topological polar surface area (TPSA) is 55.1 Å². The fourth-order valence-corrected chi connectivity index (χ4v) is 3.62. The molecule has 4 heteroatoms. The van der Waals surface area contributed by atoms with Crippen molar-refractivity contribution in [2.45, 2.75) is 40.0 Å². The Bertz CT molecular complexity index is 431. The van der Waals surface area contributed by atoms with Crippen LogP contribution in [0, 0.1) is 11.3 Å². The molecule has 1 aromatic rings. The largest absolute Gasteiger partial charge is 0.289 e. The fourth-order valence-electron chi connectivity index (χ4n) is 2.43. The molecule has 0 saturated carbocycles. The van der Waals surface area contributed by atoms with Gasteiger partial charge in [0, 0.05) is 4.88 Å². The van der Waals surface area contributed by atoms with Gasteiger partial charge < -0.3 is 0 Å². The molecule has 1 aliphatic carbocycles. The first-order chi connectivity index (χ1) is 7.91. The number of aryl methyl sites for hydroxylation is 1. The number of nitrogen functional groups attached to an aromatic ring is 1. The van der Waals surface area contributed by atoms with E-state index < -0.39 is 0 Å². The molecule has 1 aliphatic rings. The third-order valence-corrected chi connectivity index (χ3v) is 4.87. The molecule has 0 aromatic carbocycles. The van der Waals surface area contributed by atoms with Crippen LogP contribution in [0.2, 0.25) is 0 Å². The third kappa shape index (κ3) is 2.53. The van der Waals surface area contributed by atoms with E-state index in [1.807, 2.05) is 6.07 Å². The van der Waals surface area contributed by atoms with E-state index in [9.17, 15) is 4.79 Å². The maximum Gasteiger partial charge on any atom is 0.275 e. The molecule has 0 unspecified atom stereocenters. The van der Waals surface area contributed by atoms with E-state index in [4.69, 9.17) is 5.84 Å². The summed E-state index contributed by atoms with van der Waals surface area (Å²) in [6, 6.07) is 2.00. The summed E-state index contributed by atoms with van der Waals surface area (Å²) in [5, 5.41) is 0. The molecular weight excluding hydrogens is 232 g/mol. The number of rotatable bonds is 1. The minimum absolute atomic E-state index is 0.170. The lowest BCUT2D eigenvalue weighted by atomic mass is 9.73. The zero-order chi connectivity index (χ0) is 12.6. The summed E-state index contributed by atoms with van der Waals surface area (Å²) in [7, 11) is 0. The highest BCUT2D eigenvalue weighted by Crippen LogP contribution is 2.40. The van der Waals surface area contributed by atoms with E-state index in [1.54, 1.807) is 11.3 Å². The zero-order valence-corrected chi connectivity index (χ0v) is 11.5. The predicted molar refractivity (Wildman–Crippen MR) is 70.9 cm³/mol. The van der Waals surface area contributed by atoms with Crippen LogP contribution in [0.5, 0.6) is 0 Å². The highest BCUT2D eigenvalue weighted by atomic mass is 32.1. The maximum atomic E-state index is 11.5. The van der Waals surface area contributed by atoms with Gasteiger partial charge in [-0.25, -0.2) is 5.84 Å². The van der Waals surface area contributed by atoms with Gasteiger partial charge in [-0.15, -0.1) is 11.3 Å². The van der Waals surface area contributed by atoms with Gasteiger partial charge in [-0.05, 0) is 42.2 Å². The predicted octanol–water partition coefficient (Wildman–Crippen LogP) is 2.50. The molecule has 0 bridgehead atoms. The second-order valence-electron chi connectivity index (χ2n) is 5.84. The van der Waals surface area contributed by atoms with Gasteiger partial charge in [0.1, 0.15) is 0 Å². The summed E-state index contributed by atoms with van der Waals surface area (Å²) >= 11 is 1.60. The molecule has 1 aromatic heterocycles. The Morgan fingerprint density at radius 3 is 2.82 bits per heavy atom. The van der Waals surface area contributed by atoms with Crippen LogP contribution in [-0.2, 0) is 12.8 Å². The Balaban J connectivity index is 2.21. The number of hydrogen-bond acceptors (Lipinski definition) is 3. The second kappa shape index (κ2) is 4.42. The van der Waals surface area contributed by atoms with Crippen molar-refractivity contribution < 1.29 is 4.79 Å². The fraction of sp³-hybridized carbons (Fsp3) is 0.615. The Morgan fingerprint density at radius 1 is 1.53 bits per heavy atom. The standard InChI is InChI=1S/C13H20N2OS/c1-13(2,3)9-5-4-8-6-11(12(16)15-14)17-10(8)7-9/h6,9H,4-5,7,14H2,1-3H3,(H,15,16)/t9-/m0/s1. The Labute approximate surface area is 106 Å². The van der Waals surface area contributed by atoms with Crippen LogP contribution in [0.3, 0.4) is 0 Å². The summed E-state index contributed by atoms with van der Waals surface area (Å²) in [6.07, 6.45) is 3.41. The second-order valence-corrected chi connectivity index (χ2v) is 6.98. The maximum absolute atomic E-state index is 11.5. The summed E-state index contributed by atoms with van der Waals surface area (Å²) < 4.78 is 0. The van der Waals surface area contributed by atoms with Gasteiger partial charge >= 0.3 is 0 Å². The Kier molecular flexibility index (Phi) is 3.27. The lowest BCUT2D eigenvalue weighted by molar-refractivity contribution is 0.0957. The van der Waals surface area contributed by atoms with Crippen LogP contribution in [0.4, 0.5) is 0 Å². The first-order valence-electron chi connectivity index (χ1n) is 6.04. The number of hydrazine groups is 1. The van der Waals surface area contributed by atoms with Gasteiger partial charge in [0.2, 0.25) is 0 Å². The van der Waals surface area contributed by atoms with Gasteiger partial charge in [-0.1, -0.05) is 20.8 Å². The smallest absolute Gasteiger partial charge is 0.275 e. The molecule has 0 fully saturated rings. The number of carbonyl (C=O) groups excluding carboxylic acids is 1. The number of amides is 1. The minimum atomic E-state index is -0.170. The molecule has 0 radical (unpaired) electrons. The van der Waals surface area contributed by atoms with Crippen LogP contribution in [0.15, 0.2) is 6.07 Å². The summed E-state index contributed by atoms with van der Waals surface area (Å²) in [5.74, 6) is 5.71. The first-order valence-corrected chi connectivity index (χ1v) is 6.86. The molecular formula is C13H20N2OS. The number of carbonyl (C=O) groups is 1. The van der Waals surface area contributed by atoms with Crippen molar-refractivity contribution in [1.29, 1.82) is 0 Å². The molecule has 3 nitrogen and oxygen atoms in total. The molecule has 1 heterocycles. The Morgan fingerprint density at radius 2 is 2.24 bits per heavy atom. The van der Waals surface area contributed by atoms with Gasteiger partial charge in [0.15, 0.2) is 0 Å². The molecule has 3 N–H and O–H groups in total. The first kappa shape index (κ1) is 12.6. The van der Waals surface area contributed by atoms with Crippen LogP contribution >= 0.6 is 11.3 Å². The third-order valence-electron chi connectivity index (χ3n) is 3.67. The van der Waals surface area contributed by atoms with Crippen molar-refractivity contribution in [3.63, 3.8) is 0 Å². The van der Waals surface area contributed by atoms with Crippen molar-refractivity contribution in [1.82, 2.24) is 5.43 Å². The van der Waals surface area contributed by atoms with Crippen molar-refractivity contribution in [2.75, 3.05) is 0 Å². The summed E-state index contributed by atoms with van der Waals surface area (Å²) in [5.41, 5.74) is 3.89. The van der Waals surface area contributed by atoms with E-state index in [2.05, 4.69) is 26.2 Å². The van der Waals surface area contributed by atoms with Crippen LogP contribution in [0.25, 0.3) is 0 Å². The van der Waals surface area contributed by atoms with Gasteiger partial charge in [0.25, 0.3) is 5.91 Å². The number of nitrogens with two attached hydrogens (primary N) is 1. The summed E-state index contributed by atoms with van der Waals surface area (Å²) in [6.45, 7) is 6.89. The van der Waals surface area contributed by atoms with Crippen LogP contribution in [-0.4, -0.2) is 5.91 Å².